The first kappa shape index (κ1) is 19.4. The third-order valence-electron chi connectivity index (χ3n) is 5.08. The van der Waals surface area contributed by atoms with Crippen molar-refractivity contribution in [2.24, 2.45) is 5.92 Å². The summed E-state index contributed by atoms with van der Waals surface area (Å²) in [5, 5.41) is 3.71. The average molecular weight is 385 g/mol. The lowest BCUT2D eigenvalue weighted by atomic mass is 9.97. The first-order valence-corrected chi connectivity index (χ1v) is 9.66. The van der Waals surface area contributed by atoms with Crippen molar-refractivity contribution >= 4 is 29.1 Å². The Labute approximate surface area is 165 Å². The maximum Gasteiger partial charge on any atom is 0.229 e. The van der Waals surface area contributed by atoms with Crippen LogP contribution >= 0.6 is 11.6 Å². The van der Waals surface area contributed by atoms with E-state index in [0.29, 0.717) is 24.0 Å². The fourth-order valence-electron chi connectivity index (χ4n) is 3.50. The standard InChI is InChI=1S/C22H25ClN2O2/c1-14(2)18-9-6-7-15(3)21(18)24-22(27)17-11-20(26)25(13-17)12-16-8-4-5-10-19(16)23/h4-10,14,17H,11-13H2,1-3H3,(H,24,27). The Morgan fingerprint density at radius 2 is 1.96 bits per heavy atom. The van der Waals surface area contributed by atoms with E-state index in [-0.39, 0.29) is 24.2 Å². The topological polar surface area (TPSA) is 49.4 Å². The second-order valence-corrected chi connectivity index (χ2v) is 7.86. The zero-order valence-corrected chi connectivity index (χ0v) is 16.7. The van der Waals surface area contributed by atoms with Crippen molar-refractivity contribution < 1.29 is 9.59 Å². The van der Waals surface area contributed by atoms with Gasteiger partial charge in [-0.1, -0.05) is 61.8 Å². The van der Waals surface area contributed by atoms with Crippen molar-refractivity contribution in [2.75, 3.05) is 11.9 Å². The quantitative estimate of drug-likeness (QED) is 0.807. The van der Waals surface area contributed by atoms with Gasteiger partial charge in [0.1, 0.15) is 0 Å². The molecule has 5 heteroatoms. The summed E-state index contributed by atoms with van der Waals surface area (Å²) in [6, 6.07) is 13.5. The van der Waals surface area contributed by atoms with Crippen LogP contribution in [0.5, 0.6) is 0 Å². The predicted octanol–water partition coefficient (Wildman–Crippen LogP) is 4.76. The summed E-state index contributed by atoms with van der Waals surface area (Å²) < 4.78 is 0. The van der Waals surface area contributed by atoms with E-state index < -0.39 is 0 Å². The van der Waals surface area contributed by atoms with E-state index in [2.05, 4.69) is 19.2 Å². The number of anilines is 1. The van der Waals surface area contributed by atoms with Crippen molar-refractivity contribution in [1.82, 2.24) is 4.90 Å². The van der Waals surface area contributed by atoms with Crippen LogP contribution in [0.25, 0.3) is 0 Å². The van der Waals surface area contributed by atoms with Crippen molar-refractivity contribution in [3.63, 3.8) is 0 Å². The molecule has 0 bridgehead atoms. The molecule has 4 nitrogen and oxygen atoms in total. The molecule has 0 aromatic heterocycles. The third-order valence-corrected chi connectivity index (χ3v) is 5.45. The highest BCUT2D eigenvalue weighted by atomic mass is 35.5. The Morgan fingerprint density at radius 3 is 2.67 bits per heavy atom. The molecule has 142 valence electrons. The van der Waals surface area contributed by atoms with Crippen LogP contribution in [-0.2, 0) is 16.1 Å². The van der Waals surface area contributed by atoms with Crippen LogP contribution in [0.2, 0.25) is 5.02 Å². The number of para-hydroxylation sites is 1. The molecular weight excluding hydrogens is 360 g/mol. The molecule has 27 heavy (non-hydrogen) atoms. The first-order valence-electron chi connectivity index (χ1n) is 9.28. The molecule has 2 aromatic rings. The second kappa shape index (κ2) is 8.13. The largest absolute Gasteiger partial charge is 0.337 e. The molecule has 1 aliphatic rings. The van der Waals surface area contributed by atoms with Gasteiger partial charge in [0.05, 0.1) is 5.92 Å². The van der Waals surface area contributed by atoms with Crippen molar-refractivity contribution in [1.29, 1.82) is 0 Å². The molecular formula is C22H25ClN2O2. The lowest BCUT2D eigenvalue weighted by Gasteiger charge is -2.19. The van der Waals surface area contributed by atoms with Gasteiger partial charge in [-0.05, 0) is 35.6 Å². The van der Waals surface area contributed by atoms with Crippen molar-refractivity contribution in [3.8, 4) is 0 Å². The highest BCUT2D eigenvalue weighted by Gasteiger charge is 2.34. The molecule has 1 N–H and O–H groups in total. The Hall–Kier alpha value is -2.33. The summed E-state index contributed by atoms with van der Waals surface area (Å²) in [5.41, 5.74) is 3.91. The molecule has 0 radical (unpaired) electrons. The van der Waals surface area contributed by atoms with E-state index in [1.807, 2.05) is 49.4 Å². The number of carbonyl (C=O) groups is 2. The summed E-state index contributed by atoms with van der Waals surface area (Å²) >= 11 is 6.20. The number of halogens is 1. The van der Waals surface area contributed by atoms with Crippen LogP contribution in [-0.4, -0.2) is 23.3 Å². The van der Waals surface area contributed by atoms with Gasteiger partial charge in [0.2, 0.25) is 11.8 Å². The van der Waals surface area contributed by atoms with Crippen molar-refractivity contribution in [2.45, 2.75) is 39.7 Å². The zero-order chi connectivity index (χ0) is 19.6. The number of likely N-dealkylation sites (tertiary alicyclic amines) is 1. The summed E-state index contributed by atoms with van der Waals surface area (Å²) in [4.78, 5) is 27.0. The van der Waals surface area contributed by atoms with Crippen LogP contribution < -0.4 is 5.32 Å². The number of carbonyl (C=O) groups excluding carboxylic acids is 2. The number of hydrogen-bond acceptors (Lipinski definition) is 2. The number of nitrogens with zero attached hydrogens (tertiary/aromatic N) is 1. The number of amides is 2. The summed E-state index contributed by atoms with van der Waals surface area (Å²) in [7, 11) is 0. The molecule has 1 saturated heterocycles. The van der Waals surface area contributed by atoms with Gasteiger partial charge < -0.3 is 10.2 Å². The van der Waals surface area contributed by atoms with Gasteiger partial charge in [0.25, 0.3) is 0 Å². The van der Waals surface area contributed by atoms with Crippen LogP contribution in [0.3, 0.4) is 0 Å². The molecule has 0 aliphatic carbocycles. The SMILES string of the molecule is Cc1cccc(C(C)C)c1NC(=O)C1CC(=O)N(Cc2ccccc2Cl)C1. The molecule has 2 amide bonds. The van der Waals surface area contributed by atoms with Crippen LogP contribution in [0.15, 0.2) is 42.5 Å². The minimum Gasteiger partial charge on any atom is -0.337 e. The van der Waals surface area contributed by atoms with E-state index in [1.165, 1.54) is 0 Å². The number of aryl methyl sites for hydroxylation is 1. The highest BCUT2D eigenvalue weighted by Crippen LogP contribution is 2.29. The second-order valence-electron chi connectivity index (χ2n) is 7.45. The third kappa shape index (κ3) is 4.33. The number of benzene rings is 2. The molecule has 1 heterocycles. The van der Waals surface area contributed by atoms with E-state index >= 15 is 0 Å². The van der Waals surface area contributed by atoms with Gasteiger partial charge in [-0.2, -0.15) is 0 Å². The molecule has 3 rings (SSSR count). The van der Waals surface area contributed by atoms with E-state index in [4.69, 9.17) is 11.6 Å². The van der Waals surface area contributed by atoms with E-state index in [1.54, 1.807) is 4.90 Å². The Kier molecular flexibility index (Phi) is 5.85. The van der Waals surface area contributed by atoms with Gasteiger partial charge in [-0.15, -0.1) is 0 Å². The van der Waals surface area contributed by atoms with Crippen LogP contribution in [0.4, 0.5) is 5.69 Å². The van der Waals surface area contributed by atoms with E-state index in [9.17, 15) is 9.59 Å². The fraction of sp³-hybridized carbons (Fsp3) is 0.364. The molecule has 1 unspecified atom stereocenters. The molecule has 1 fully saturated rings. The fourth-order valence-corrected chi connectivity index (χ4v) is 3.70. The van der Waals surface area contributed by atoms with Gasteiger partial charge in [-0.3, -0.25) is 9.59 Å². The lowest BCUT2D eigenvalue weighted by molar-refractivity contribution is -0.128. The van der Waals surface area contributed by atoms with Gasteiger partial charge in [0.15, 0.2) is 0 Å². The minimum atomic E-state index is -0.348. The average Bonchev–Trinajstić information content (AvgIpc) is 2.99. The zero-order valence-electron chi connectivity index (χ0n) is 16.0. The number of hydrogen-bond donors (Lipinski definition) is 1. The molecule has 1 aliphatic heterocycles. The Balaban J connectivity index is 1.71. The molecule has 0 saturated carbocycles. The lowest BCUT2D eigenvalue weighted by Crippen LogP contribution is -2.28. The number of nitrogens with one attached hydrogen (secondary N) is 1. The first-order chi connectivity index (χ1) is 12.9. The molecule has 0 spiro atoms. The van der Waals surface area contributed by atoms with Gasteiger partial charge >= 0.3 is 0 Å². The Morgan fingerprint density at radius 1 is 1.22 bits per heavy atom. The van der Waals surface area contributed by atoms with Gasteiger partial charge in [-0.25, -0.2) is 0 Å². The van der Waals surface area contributed by atoms with Crippen LogP contribution in [0, 0.1) is 12.8 Å². The predicted molar refractivity (Wildman–Crippen MR) is 109 cm³/mol. The maximum atomic E-state index is 12.8. The monoisotopic (exact) mass is 384 g/mol. The molecule has 1 atom stereocenters. The van der Waals surface area contributed by atoms with Gasteiger partial charge in [0, 0.05) is 30.2 Å². The summed E-state index contributed by atoms with van der Waals surface area (Å²) in [6.45, 7) is 7.05. The maximum absolute atomic E-state index is 12.8. The normalized spacial score (nSPS) is 16.9. The minimum absolute atomic E-state index is 0.0102. The summed E-state index contributed by atoms with van der Waals surface area (Å²) in [6.07, 6.45) is 0.235. The van der Waals surface area contributed by atoms with E-state index in [0.717, 1.165) is 22.4 Å². The highest BCUT2D eigenvalue weighted by molar-refractivity contribution is 6.31. The number of rotatable bonds is 5. The summed E-state index contributed by atoms with van der Waals surface area (Å²) in [5.74, 6) is -0.146. The van der Waals surface area contributed by atoms with Crippen LogP contribution in [0.1, 0.15) is 42.9 Å². The Bertz CT molecular complexity index is 863. The van der Waals surface area contributed by atoms with Crippen molar-refractivity contribution in [3.05, 3.63) is 64.2 Å². The molecule has 2 aromatic carbocycles. The smallest absolute Gasteiger partial charge is 0.229 e.